The number of carbonyl (C=O) groups excluding carboxylic acids is 1. The SMILES string of the molecule is CC(OCCC#N)O[C@@H]1[C@@H]2O[Si](C(C)C)(C(C)C)O[Si](C(C)C)(C(C)C)OC[C@H]2O[C@H]1n1cnc2c(=O)[nH]c(NC(=O)C(Cl)(Cl)Cl)nc21. The smallest absolute Gasteiger partial charge is 0.335 e. The summed E-state index contributed by atoms with van der Waals surface area (Å²) < 4.78 is 39.9. The van der Waals surface area contributed by atoms with Crippen molar-refractivity contribution < 1.29 is 32.0 Å². The van der Waals surface area contributed by atoms with E-state index in [4.69, 9.17) is 67.2 Å². The van der Waals surface area contributed by atoms with Gasteiger partial charge in [-0.2, -0.15) is 10.2 Å². The van der Waals surface area contributed by atoms with E-state index in [1.165, 1.54) is 6.33 Å². The Bertz CT molecular complexity index is 1530. The molecule has 0 radical (unpaired) electrons. The van der Waals surface area contributed by atoms with Crippen molar-refractivity contribution in [3.63, 3.8) is 0 Å². The zero-order valence-corrected chi connectivity index (χ0v) is 32.9. The highest BCUT2D eigenvalue weighted by molar-refractivity contribution is 6.84. The average molecular weight is 768 g/mol. The number of nitriles is 1. The minimum atomic E-state index is -3.10. The van der Waals surface area contributed by atoms with Crippen LogP contribution in [0.3, 0.4) is 0 Å². The van der Waals surface area contributed by atoms with Crippen LogP contribution in [0.4, 0.5) is 5.95 Å². The molecule has 2 fully saturated rings. The largest absolute Gasteiger partial charge is 0.414 e. The number of hydrogen-bond donors (Lipinski definition) is 2. The minimum Gasteiger partial charge on any atom is -0.414 e. The molecule has 14 nitrogen and oxygen atoms in total. The van der Waals surface area contributed by atoms with Gasteiger partial charge in [0.15, 0.2) is 23.7 Å². The number of amides is 1. The fraction of sp³-hybridized carbons (Fsp3) is 0.759. The Hall–Kier alpha value is -1.63. The van der Waals surface area contributed by atoms with Crippen molar-refractivity contribution in [1.29, 1.82) is 5.26 Å². The van der Waals surface area contributed by atoms with Gasteiger partial charge in [0, 0.05) is 0 Å². The predicted molar refractivity (Wildman–Crippen MR) is 185 cm³/mol. The first-order valence-corrected chi connectivity index (χ1v) is 21.1. The van der Waals surface area contributed by atoms with Crippen LogP contribution in [0.25, 0.3) is 11.2 Å². The van der Waals surface area contributed by atoms with Crippen LogP contribution in [-0.2, 0) is 32.0 Å². The molecule has 268 valence electrons. The zero-order chi connectivity index (χ0) is 35.8. The summed E-state index contributed by atoms with van der Waals surface area (Å²) in [5, 5.41) is 11.4. The number of halogens is 3. The van der Waals surface area contributed by atoms with Gasteiger partial charge in [0.05, 0.1) is 32.0 Å². The fourth-order valence-electron chi connectivity index (χ4n) is 6.37. The summed E-state index contributed by atoms with van der Waals surface area (Å²) in [7, 11) is -5.98. The molecule has 2 aliphatic rings. The summed E-state index contributed by atoms with van der Waals surface area (Å²) in [5.74, 6) is -1.28. The molecular formula is C29H45Cl3N6O8Si2. The lowest BCUT2D eigenvalue weighted by molar-refractivity contribution is -0.191. The number of imidazole rings is 1. The molecule has 2 N–H and O–H groups in total. The molecule has 4 rings (SSSR count). The first-order valence-electron chi connectivity index (χ1n) is 16.0. The van der Waals surface area contributed by atoms with Gasteiger partial charge in [-0.25, -0.2) is 4.98 Å². The second kappa shape index (κ2) is 15.3. The van der Waals surface area contributed by atoms with Gasteiger partial charge in [0.2, 0.25) is 5.95 Å². The van der Waals surface area contributed by atoms with Gasteiger partial charge in [-0.1, -0.05) is 90.2 Å². The van der Waals surface area contributed by atoms with Crippen molar-refractivity contribution in [2.75, 3.05) is 18.5 Å². The molecule has 2 aromatic heterocycles. The zero-order valence-electron chi connectivity index (χ0n) is 28.6. The van der Waals surface area contributed by atoms with Crippen molar-refractivity contribution in [3.8, 4) is 6.07 Å². The summed E-state index contributed by atoms with van der Waals surface area (Å²) in [5.41, 5.74) is -0.281. The first kappa shape index (κ1) is 39.2. The van der Waals surface area contributed by atoms with Gasteiger partial charge in [-0.3, -0.25) is 24.5 Å². The second-order valence-electron chi connectivity index (χ2n) is 13.3. The standard InChI is InChI=1S/C29H45Cl3N6O8Si2/c1-15(2)47(16(3)4)42-13-20-22(45-48(46-47,17(5)6)18(7)8)23(43-19(9)41-12-10-11-33)26(44-20)38-14-34-21-24(38)35-28(36-25(21)39)37-27(40)29(30,31)32/h14-20,22-23,26H,10,12-13H2,1-9H3,(H2,35,36,37,39,40)/t19?,20-,22-,23-,26-/m1/s1. The van der Waals surface area contributed by atoms with Crippen LogP contribution in [-0.4, -0.2) is 84.2 Å². The first-order chi connectivity index (χ1) is 22.4. The maximum atomic E-state index is 13.0. The molecule has 19 heteroatoms. The molecule has 0 spiro atoms. The third-order valence-corrected chi connectivity index (χ3v) is 19.5. The van der Waals surface area contributed by atoms with Crippen LogP contribution < -0.4 is 10.9 Å². The number of nitrogens with one attached hydrogen (secondary N) is 2. The van der Waals surface area contributed by atoms with Crippen molar-refractivity contribution in [3.05, 3.63) is 16.7 Å². The fourth-order valence-corrected chi connectivity index (χ4v) is 17.7. The molecule has 0 aliphatic carbocycles. The molecule has 0 saturated carbocycles. The van der Waals surface area contributed by atoms with Gasteiger partial charge in [0.25, 0.3) is 15.3 Å². The van der Waals surface area contributed by atoms with E-state index in [1.54, 1.807) is 11.5 Å². The lowest BCUT2D eigenvalue weighted by atomic mass is 10.1. The molecule has 0 aromatic carbocycles. The molecule has 2 aliphatic heterocycles. The number of nitrogens with zero attached hydrogens (tertiary/aromatic N) is 4. The second-order valence-corrected chi connectivity index (χ2v) is 24.4. The Morgan fingerprint density at radius 2 is 1.75 bits per heavy atom. The number of fused-ring (bicyclic) bond motifs is 2. The quantitative estimate of drug-likeness (QED) is 0.120. The van der Waals surface area contributed by atoms with Crippen molar-refractivity contribution in [2.45, 2.75) is 126 Å². The van der Waals surface area contributed by atoms with Gasteiger partial charge in [-0.15, -0.1) is 0 Å². The number of hydrogen-bond acceptors (Lipinski definition) is 11. The van der Waals surface area contributed by atoms with E-state index >= 15 is 0 Å². The highest BCUT2D eigenvalue weighted by Gasteiger charge is 2.62. The summed E-state index contributed by atoms with van der Waals surface area (Å²) in [4.78, 5) is 36.6. The minimum absolute atomic E-state index is 0.0218. The van der Waals surface area contributed by atoms with E-state index in [9.17, 15) is 9.59 Å². The highest BCUT2D eigenvalue weighted by atomic mass is 35.6. The van der Waals surface area contributed by atoms with Gasteiger partial charge < -0.3 is 27.2 Å². The van der Waals surface area contributed by atoms with Gasteiger partial charge in [0.1, 0.15) is 18.3 Å². The van der Waals surface area contributed by atoms with E-state index in [0.717, 1.165) is 0 Å². The predicted octanol–water partition coefficient (Wildman–Crippen LogP) is 5.94. The molecule has 0 bridgehead atoms. The Kier molecular flexibility index (Phi) is 12.5. The van der Waals surface area contributed by atoms with E-state index in [1.807, 2.05) is 0 Å². The van der Waals surface area contributed by atoms with Gasteiger partial charge >= 0.3 is 17.1 Å². The van der Waals surface area contributed by atoms with Crippen LogP contribution in [0, 0.1) is 11.3 Å². The van der Waals surface area contributed by atoms with Gasteiger partial charge in [-0.05, 0) is 29.1 Å². The number of rotatable bonds is 11. The van der Waals surface area contributed by atoms with E-state index in [-0.39, 0.29) is 58.9 Å². The Morgan fingerprint density at radius 3 is 2.31 bits per heavy atom. The number of carbonyl (C=O) groups is 1. The summed E-state index contributed by atoms with van der Waals surface area (Å²) >= 11 is 17.2. The number of aromatic nitrogens is 4. The molecule has 1 amide bonds. The average Bonchev–Trinajstić information content (AvgIpc) is 3.53. The summed E-state index contributed by atoms with van der Waals surface area (Å²) in [6.07, 6.45) is -2.28. The van der Waals surface area contributed by atoms with Crippen LogP contribution in [0.1, 0.15) is 75.0 Å². The van der Waals surface area contributed by atoms with Crippen LogP contribution >= 0.6 is 34.8 Å². The number of alkyl halides is 3. The Balaban J connectivity index is 1.85. The lowest BCUT2D eigenvalue weighted by Gasteiger charge is -2.51. The van der Waals surface area contributed by atoms with Crippen LogP contribution in [0.5, 0.6) is 0 Å². The molecular weight excluding hydrogens is 723 g/mol. The van der Waals surface area contributed by atoms with E-state index < -0.39 is 63.2 Å². The van der Waals surface area contributed by atoms with Crippen molar-refractivity contribution >= 4 is 74.9 Å². The molecule has 5 atom stereocenters. The molecule has 1 unspecified atom stereocenters. The maximum Gasteiger partial charge on any atom is 0.335 e. The Labute approximate surface area is 297 Å². The molecule has 4 heterocycles. The molecule has 2 aromatic rings. The number of anilines is 1. The van der Waals surface area contributed by atoms with E-state index in [0.29, 0.717) is 0 Å². The third kappa shape index (κ3) is 7.81. The van der Waals surface area contributed by atoms with Crippen molar-refractivity contribution in [1.82, 2.24) is 19.5 Å². The Morgan fingerprint density at radius 1 is 1.12 bits per heavy atom. The molecule has 48 heavy (non-hydrogen) atoms. The van der Waals surface area contributed by atoms with E-state index in [2.05, 4.69) is 81.7 Å². The number of H-pyrrole nitrogens is 1. The van der Waals surface area contributed by atoms with Crippen molar-refractivity contribution in [2.24, 2.45) is 0 Å². The summed E-state index contributed by atoms with van der Waals surface area (Å²) in [6.45, 7) is 19.1. The van der Waals surface area contributed by atoms with Crippen LogP contribution in [0.2, 0.25) is 22.2 Å². The topological polar surface area (TPSA) is 172 Å². The third-order valence-electron chi connectivity index (χ3n) is 8.73. The number of ether oxygens (including phenoxy) is 3. The molecule has 2 saturated heterocycles. The monoisotopic (exact) mass is 766 g/mol. The normalized spacial score (nSPS) is 24.9. The summed E-state index contributed by atoms with van der Waals surface area (Å²) in [6, 6.07) is 2.06. The number of aromatic amines is 1. The lowest BCUT2D eigenvalue weighted by Crippen LogP contribution is -2.66. The highest BCUT2D eigenvalue weighted by Crippen LogP contribution is 2.49. The van der Waals surface area contributed by atoms with Crippen LogP contribution in [0.15, 0.2) is 11.1 Å². The maximum absolute atomic E-state index is 13.0.